The highest BCUT2D eigenvalue weighted by Gasteiger charge is 2.27. The van der Waals surface area contributed by atoms with Gasteiger partial charge < -0.3 is 10.2 Å². The van der Waals surface area contributed by atoms with Crippen molar-refractivity contribution in [3.05, 3.63) is 35.9 Å². The predicted molar refractivity (Wildman–Crippen MR) is 85.1 cm³/mol. The fourth-order valence-corrected chi connectivity index (χ4v) is 3.30. The first-order chi connectivity index (χ1) is 9.81. The predicted octanol–water partition coefficient (Wildman–Crippen LogP) is 3.40. The van der Waals surface area contributed by atoms with Gasteiger partial charge in [-0.15, -0.1) is 0 Å². The summed E-state index contributed by atoms with van der Waals surface area (Å²) in [5, 5.41) is 3.80. The first kappa shape index (κ1) is 14.1. The van der Waals surface area contributed by atoms with E-state index in [2.05, 4.69) is 47.5 Å². The van der Waals surface area contributed by atoms with Crippen LogP contribution < -0.4 is 5.32 Å². The van der Waals surface area contributed by atoms with E-state index in [4.69, 9.17) is 0 Å². The Balaban J connectivity index is 1.43. The molecule has 1 aliphatic carbocycles. The number of hydrogen-bond acceptors (Lipinski definition) is 2. The van der Waals surface area contributed by atoms with Crippen molar-refractivity contribution in [2.45, 2.75) is 57.0 Å². The number of nitrogens with one attached hydrogen (secondary N) is 1. The molecule has 1 N–H and O–H groups in total. The summed E-state index contributed by atoms with van der Waals surface area (Å²) in [4.78, 5) is 2.67. The van der Waals surface area contributed by atoms with Gasteiger partial charge in [-0.05, 0) is 56.7 Å². The SMILES string of the molecule is CC(CCN1CCCC(NC2CC2)C1)c1ccccc1. The Kier molecular flexibility index (Phi) is 4.74. The van der Waals surface area contributed by atoms with Gasteiger partial charge in [-0.2, -0.15) is 0 Å². The highest BCUT2D eigenvalue weighted by molar-refractivity contribution is 5.18. The van der Waals surface area contributed by atoms with Gasteiger partial charge in [0.1, 0.15) is 0 Å². The van der Waals surface area contributed by atoms with Crippen molar-refractivity contribution in [1.29, 1.82) is 0 Å². The molecule has 2 atom stereocenters. The minimum Gasteiger partial charge on any atom is -0.310 e. The van der Waals surface area contributed by atoms with Crippen LogP contribution in [-0.4, -0.2) is 36.6 Å². The van der Waals surface area contributed by atoms with Gasteiger partial charge >= 0.3 is 0 Å². The summed E-state index contributed by atoms with van der Waals surface area (Å²) in [6, 6.07) is 12.5. The van der Waals surface area contributed by atoms with Crippen molar-refractivity contribution in [3.8, 4) is 0 Å². The topological polar surface area (TPSA) is 15.3 Å². The van der Waals surface area contributed by atoms with Gasteiger partial charge in [0.15, 0.2) is 0 Å². The van der Waals surface area contributed by atoms with Gasteiger partial charge in [0, 0.05) is 18.6 Å². The molecule has 1 heterocycles. The second kappa shape index (κ2) is 6.73. The lowest BCUT2D eigenvalue weighted by molar-refractivity contribution is 0.185. The van der Waals surface area contributed by atoms with Crippen LogP contribution in [0.4, 0.5) is 0 Å². The average Bonchev–Trinajstić information content (AvgIpc) is 3.30. The normalized spacial score (nSPS) is 25.6. The Labute approximate surface area is 123 Å². The van der Waals surface area contributed by atoms with Crippen LogP contribution >= 0.6 is 0 Å². The Morgan fingerprint density at radius 3 is 2.70 bits per heavy atom. The van der Waals surface area contributed by atoms with Crippen molar-refractivity contribution in [2.75, 3.05) is 19.6 Å². The minimum absolute atomic E-state index is 0.674. The third kappa shape index (κ3) is 4.07. The Morgan fingerprint density at radius 1 is 1.15 bits per heavy atom. The lowest BCUT2D eigenvalue weighted by Crippen LogP contribution is -2.46. The number of nitrogens with zero attached hydrogens (tertiary/aromatic N) is 1. The molecule has 0 radical (unpaired) electrons. The number of rotatable bonds is 6. The number of hydrogen-bond donors (Lipinski definition) is 1. The van der Waals surface area contributed by atoms with Gasteiger partial charge in [-0.25, -0.2) is 0 Å². The summed E-state index contributed by atoms with van der Waals surface area (Å²) >= 11 is 0. The molecule has 2 fully saturated rings. The zero-order chi connectivity index (χ0) is 13.8. The summed E-state index contributed by atoms with van der Waals surface area (Å²) in [5.41, 5.74) is 1.48. The standard InChI is InChI=1S/C18H28N2/c1-15(16-6-3-2-4-7-16)11-13-20-12-5-8-18(14-20)19-17-9-10-17/h2-4,6-7,15,17-19H,5,8-14H2,1H3. The van der Waals surface area contributed by atoms with Crippen LogP contribution in [0.2, 0.25) is 0 Å². The van der Waals surface area contributed by atoms with Crippen LogP contribution in [0, 0.1) is 0 Å². The molecule has 2 heteroatoms. The van der Waals surface area contributed by atoms with Crippen molar-refractivity contribution in [1.82, 2.24) is 10.2 Å². The summed E-state index contributed by atoms with van der Waals surface area (Å²) in [6.45, 7) is 6.17. The van der Waals surface area contributed by atoms with E-state index in [0.717, 1.165) is 12.1 Å². The van der Waals surface area contributed by atoms with E-state index in [-0.39, 0.29) is 0 Å². The Hall–Kier alpha value is -0.860. The van der Waals surface area contributed by atoms with Crippen LogP contribution in [0.25, 0.3) is 0 Å². The largest absolute Gasteiger partial charge is 0.310 e. The summed E-state index contributed by atoms with van der Waals surface area (Å²) in [5.74, 6) is 0.674. The maximum atomic E-state index is 3.80. The van der Waals surface area contributed by atoms with Crippen molar-refractivity contribution < 1.29 is 0 Å². The molecular weight excluding hydrogens is 244 g/mol. The Morgan fingerprint density at radius 2 is 1.95 bits per heavy atom. The fraction of sp³-hybridized carbons (Fsp3) is 0.667. The quantitative estimate of drug-likeness (QED) is 0.854. The van der Waals surface area contributed by atoms with Gasteiger partial charge in [-0.1, -0.05) is 37.3 Å². The van der Waals surface area contributed by atoms with Crippen LogP contribution in [0.15, 0.2) is 30.3 Å². The van der Waals surface area contributed by atoms with E-state index >= 15 is 0 Å². The van der Waals surface area contributed by atoms with E-state index in [1.807, 2.05) is 0 Å². The van der Waals surface area contributed by atoms with E-state index in [1.54, 1.807) is 0 Å². The summed E-state index contributed by atoms with van der Waals surface area (Å²) in [6.07, 6.45) is 6.83. The molecule has 110 valence electrons. The lowest BCUT2D eigenvalue weighted by atomic mass is 9.97. The molecule has 20 heavy (non-hydrogen) atoms. The molecule has 1 aromatic rings. The molecule has 2 nitrogen and oxygen atoms in total. The summed E-state index contributed by atoms with van der Waals surface area (Å²) < 4.78 is 0. The first-order valence-corrected chi connectivity index (χ1v) is 8.34. The molecule has 1 saturated carbocycles. The molecule has 0 aromatic heterocycles. The smallest absolute Gasteiger partial charge is 0.0198 e. The molecule has 2 unspecified atom stereocenters. The lowest BCUT2D eigenvalue weighted by Gasteiger charge is -2.34. The summed E-state index contributed by atoms with van der Waals surface area (Å²) in [7, 11) is 0. The van der Waals surface area contributed by atoms with E-state index in [0.29, 0.717) is 5.92 Å². The maximum absolute atomic E-state index is 3.80. The van der Waals surface area contributed by atoms with Crippen molar-refractivity contribution in [2.24, 2.45) is 0 Å². The van der Waals surface area contributed by atoms with Gasteiger partial charge in [-0.3, -0.25) is 0 Å². The minimum atomic E-state index is 0.674. The molecule has 0 spiro atoms. The third-order valence-corrected chi connectivity index (χ3v) is 4.80. The fourth-order valence-electron chi connectivity index (χ4n) is 3.30. The molecule has 1 aliphatic heterocycles. The maximum Gasteiger partial charge on any atom is 0.0198 e. The van der Waals surface area contributed by atoms with Gasteiger partial charge in [0.2, 0.25) is 0 Å². The molecule has 0 amide bonds. The molecule has 3 rings (SSSR count). The Bertz CT molecular complexity index is 399. The number of likely N-dealkylation sites (tertiary alicyclic amines) is 1. The molecule has 1 saturated heterocycles. The van der Waals surface area contributed by atoms with Crippen LogP contribution in [0.3, 0.4) is 0 Å². The first-order valence-electron chi connectivity index (χ1n) is 8.34. The third-order valence-electron chi connectivity index (χ3n) is 4.80. The number of benzene rings is 1. The second-order valence-electron chi connectivity index (χ2n) is 6.68. The van der Waals surface area contributed by atoms with Gasteiger partial charge in [0.25, 0.3) is 0 Å². The molecule has 0 bridgehead atoms. The average molecular weight is 272 g/mol. The highest BCUT2D eigenvalue weighted by Crippen LogP contribution is 2.23. The zero-order valence-electron chi connectivity index (χ0n) is 12.7. The van der Waals surface area contributed by atoms with Gasteiger partial charge in [0.05, 0.1) is 0 Å². The second-order valence-corrected chi connectivity index (χ2v) is 6.68. The highest BCUT2D eigenvalue weighted by atomic mass is 15.2. The van der Waals surface area contributed by atoms with E-state index < -0.39 is 0 Å². The molecule has 1 aromatic carbocycles. The van der Waals surface area contributed by atoms with Crippen molar-refractivity contribution in [3.63, 3.8) is 0 Å². The number of piperidine rings is 1. The van der Waals surface area contributed by atoms with Crippen LogP contribution in [0.5, 0.6) is 0 Å². The zero-order valence-corrected chi connectivity index (χ0v) is 12.7. The van der Waals surface area contributed by atoms with Crippen LogP contribution in [-0.2, 0) is 0 Å². The van der Waals surface area contributed by atoms with Crippen molar-refractivity contribution >= 4 is 0 Å². The van der Waals surface area contributed by atoms with Crippen LogP contribution in [0.1, 0.15) is 50.5 Å². The van der Waals surface area contributed by atoms with E-state index in [1.165, 1.54) is 57.3 Å². The molecule has 2 aliphatic rings. The monoisotopic (exact) mass is 272 g/mol. The van der Waals surface area contributed by atoms with E-state index in [9.17, 15) is 0 Å². The molecular formula is C18H28N2.